The van der Waals surface area contributed by atoms with Crippen molar-refractivity contribution < 1.29 is 29.2 Å². The number of nitro benzene ring substituents is 1. The molecule has 4 atom stereocenters. The van der Waals surface area contributed by atoms with Crippen molar-refractivity contribution in [1.82, 2.24) is 0 Å². The first kappa shape index (κ1) is 24.9. The Kier molecular flexibility index (Phi) is 5.65. The summed E-state index contributed by atoms with van der Waals surface area (Å²) in [5.41, 5.74) is 1.66. The number of anilines is 1. The number of carbonyl (C=O) groups is 4. The molecule has 196 valence electrons. The lowest BCUT2D eigenvalue weighted by atomic mass is 9.59. The van der Waals surface area contributed by atoms with E-state index in [1.807, 2.05) is 6.08 Å². The smallest absolute Gasteiger partial charge is 0.271 e. The number of halogens is 1. The molecule has 1 N–H and O–H groups in total. The van der Waals surface area contributed by atoms with E-state index in [1.54, 1.807) is 13.0 Å². The van der Waals surface area contributed by atoms with Crippen LogP contribution in [0.3, 0.4) is 0 Å². The second-order valence-corrected chi connectivity index (χ2v) is 10.7. The number of hydrogen-bond donors (Lipinski definition) is 1. The molecule has 1 saturated heterocycles. The van der Waals surface area contributed by atoms with Crippen LogP contribution in [-0.2, 0) is 19.2 Å². The van der Waals surface area contributed by atoms with Crippen molar-refractivity contribution in [2.24, 2.45) is 17.8 Å². The molecular weight excluding hydrogens is 524 g/mol. The Morgan fingerprint density at radius 3 is 2.56 bits per heavy atom. The number of benzene rings is 2. The molecule has 1 fully saturated rings. The molecule has 0 bridgehead atoms. The average Bonchev–Trinajstić information content (AvgIpc) is 3.17. The zero-order valence-electron chi connectivity index (χ0n) is 20.6. The molecule has 2 aromatic carbocycles. The molecule has 0 aromatic heterocycles. The van der Waals surface area contributed by atoms with Crippen LogP contribution in [0.15, 0.2) is 76.9 Å². The molecule has 4 aliphatic rings. The lowest BCUT2D eigenvalue weighted by Gasteiger charge is -2.42. The van der Waals surface area contributed by atoms with Gasteiger partial charge in [-0.2, -0.15) is 0 Å². The summed E-state index contributed by atoms with van der Waals surface area (Å²) in [5.74, 6) is -4.76. The lowest BCUT2D eigenvalue weighted by Crippen LogP contribution is -2.39. The third kappa shape index (κ3) is 3.68. The fourth-order valence-electron chi connectivity index (χ4n) is 6.47. The molecule has 0 spiro atoms. The van der Waals surface area contributed by atoms with Crippen LogP contribution in [0, 0.1) is 27.9 Å². The number of amides is 2. The highest BCUT2D eigenvalue weighted by atomic mass is 35.5. The molecule has 0 radical (unpaired) electrons. The number of nitro groups is 1. The Morgan fingerprint density at radius 2 is 1.82 bits per heavy atom. The second-order valence-electron chi connectivity index (χ2n) is 10.2. The number of fused-ring (bicyclic) bond motifs is 3. The lowest BCUT2D eigenvalue weighted by molar-refractivity contribution is -0.384. The largest absolute Gasteiger partial charge is 0.508 e. The van der Waals surface area contributed by atoms with E-state index in [9.17, 15) is 34.4 Å². The molecule has 2 aromatic rings. The van der Waals surface area contributed by atoms with Gasteiger partial charge in [0.15, 0.2) is 11.6 Å². The Labute approximate surface area is 227 Å². The molecule has 39 heavy (non-hydrogen) atoms. The van der Waals surface area contributed by atoms with E-state index in [-0.39, 0.29) is 58.3 Å². The van der Waals surface area contributed by atoms with E-state index in [1.165, 1.54) is 42.5 Å². The predicted molar refractivity (Wildman–Crippen MR) is 140 cm³/mol. The number of Topliss-reactive ketones (excluding diaryl/α,β-unsaturated/α-hetero) is 1. The summed E-state index contributed by atoms with van der Waals surface area (Å²) in [6.07, 6.45) is 3.39. The number of hydrogen-bond acceptors (Lipinski definition) is 7. The highest BCUT2D eigenvalue weighted by molar-refractivity contribution is 6.30. The quantitative estimate of drug-likeness (QED) is 0.196. The maximum atomic E-state index is 13.9. The number of rotatable bonds is 3. The Bertz CT molecular complexity index is 1640. The number of phenolic OH excluding ortho intramolecular Hbond substituents is 1. The minimum atomic E-state index is -0.843. The van der Waals surface area contributed by atoms with Crippen molar-refractivity contribution >= 4 is 46.4 Å². The summed E-state index contributed by atoms with van der Waals surface area (Å²) < 4.78 is 0. The molecule has 6 rings (SSSR count). The van der Waals surface area contributed by atoms with Gasteiger partial charge in [0.2, 0.25) is 11.8 Å². The van der Waals surface area contributed by atoms with E-state index in [4.69, 9.17) is 11.6 Å². The molecule has 10 heteroatoms. The summed E-state index contributed by atoms with van der Waals surface area (Å²) in [5, 5.41) is 22.5. The number of carbonyl (C=O) groups excluding carboxylic acids is 4. The third-order valence-electron chi connectivity index (χ3n) is 8.16. The van der Waals surface area contributed by atoms with Crippen LogP contribution in [0.2, 0.25) is 5.02 Å². The minimum absolute atomic E-state index is 0.0797. The van der Waals surface area contributed by atoms with Crippen molar-refractivity contribution in [1.29, 1.82) is 0 Å². The number of non-ortho nitro benzene ring substituents is 1. The Balaban J connectivity index is 1.49. The van der Waals surface area contributed by atoms with Gasteiger partial charge in [-0.05, 0) is 56.0 Å². The van der Waals surface area contributed by atoms with Crippen LogP contribution in [0.1, 0.15) is 31.2 Å². The minimum Gasteiger partial charge on any atom is -0.508 e. The van der Waals surface area contributed by atoms with Crippen LogP contribution in [0.25, 0.3) is 0 Å². The van der Waals surface area contributed by atoms with Crippen LogP contribution >= 0.6 is 11.6 Å². The van der Waals surface area contributed by atoms with Crippen LogP contribution in [-0.4, -0.2) is 33.4 Å². The highest BCUT2D eigenvalue weighted by Crippen LogP contribution is 2.56. The topological polar surface area (TPSA) is 135 Å². The number of ketones is 2. The van der Waals surface area contributed by atoms with Crippen LogP contribution in [0.4, 0.5) is 11.4 Å². The fraction of sp³-hybridized carbons (Fsp3) is 0.241. The Hall–Kier alpha value is -4.37. The maximum absolute atomic E-state index is 13.9. The molecular formula is C29H21ClN2O7. The first-order valence-electron chi connectivity index (χ1n) is 12.4. The standard InChI is InChI=1S/C29H21ClN2O7/c1-13-9-23(34)21-12-19-17(24(26(21)27(13)35)20-10-14(30)5-8-22(20)33)6-7-18-25(19)29(37)31(28(18)36)15-3-2-4-16(11-15)32(38)39/h2-6,8-11,18-19,24-25,33H,7,12H2,1H3. The van der Waals surface area contributed by atoms with Gasteiger partial charge in [-0.15, -0.1) is 0 Å². The van der Waals surface area contributed by atoms with Gasteiger partial charge < -0.3 is 5.11 Å². The van der Waals surface area contributed by atoms with Crippen LogP contribution < -0.4 is 4.90 Å². The summed E-state index contributed by atoms with van der Waals surface area (Å²) in [6, 6.07) is 9.82. The van der Waals surface area contributed by atoms with Crippen molar-refractivity contribution in [3.05, 3.63) is 97.6 Å². The number of aromatic hydroxyl groups is 1. The van der Waals surface area contributed by atoms with Gasteiger partial charge in [-0.3, -0.25) is 29.3 Å². The van der Waals surface area contributed by atoms with E-state index in [0.29, 0.717) is 16.2 Å². The van der Waals surface area contributed by atoms with Gasteiger partial charge >= 0.3 is 0 Å². The monoisotopic (exact) mass is 544 g/mol. The number of imide groups is 1. The van der Waals surface area contributed by atoms with E-state index >= 15 is 0 Å². The summed E-state index contributed by atoms with van der Waals surface area (Å²) >= 11 is 6.27. The third-order valence-corrected chi connectivity index (χ3v) is 8.40. The SMILES string of the molecule is CC1=CC(=O)C2=C(C1=O)C(c1cc(Cl)ccc1O)C1=CCC3C(=O)N(c4cccc([N+](=O)[O-])c4)C(=O)C3C1C2. The highest BCUT2D eigenvalue weighted by Gasteiger charge is 2.57. The van der Waals surface area contributed by atoms with Gasteiger partial charge in [0, 0.05) is 45.4 Å². The van der Waals surface area contributed by atoms with Gasteiger partial charge in [0.25, 0.3) is 5.69 Å². The van der Waals surface area contributed by atoms with E-state index in [0.717, 1.165) is 4.90 Å². The number of nitrogens with zero attached hydrogens (tertiary/aromatic N) is 2. The van der Waals surface area contributed by atoms with Gasteiger partial charge in [0.05, 0.1) is 22.4 Å². The first-order chi connectivity index (χ1) is 18.6. The molecule has 0 saturated carbocycles. The summed E-state index contributed by atoms with van der Waals surface area (Å²) in [7, 11) is 0. The van der Waals surface area contributed by atoms with Crippen LogP contribution in [0.5, 0.6) is 5.75 Å². The molecule has 2 amide bonds. The fourth-order valence-corrected chi connectivity index (χ4v) is 6.65. The molecule has 1 aliphatic heterocycles. The first-order valence-corrected chi connectivity index (χ1v) is 12.8. The normalized spacial score (nSPS) is 26.2. The van der Waals surface area contributed by atoms with E-state index in [2.05, 4.69) is 0 Å². The van der Waals surface area contributed by atoms with Gasteiger partial charge in [0.1, 0.15) is 5.75 Å². The summed E-state index contributed by atoms with van der Waals surface area (Å²) in [4.78, 5) is 65.7. The number of allylic oxidation sites excluding steroid dienone is 6. The zero-order chi connectivity index (χ0) is 27.7. The molecule has 1 heterocycles. The maximum Gasteiger partial charge on any atom is 0.271 e. The van der Waals surface area contributed by atoms with Gasteiger partial charge in [-0.25, -0.2) is 4.90 Å². The second kappa shape index (κ2) is 8.84. The predicted octanol–water partition coefficient (Wildman–Crippen LogP) is 4.59. The molecule has 3 aliphatic carbocycles. The Morgan fingerprint density at radius 1 is 1.05 bits per heavy atom. The molecule has 4 unspecified atom stereocenters. The average molecular weight is 545 g/mol. The summed E-state index contributed by atoms with van der Waals surface area (Å²) in [6.45, 7) is 1.56. The van der Waals surface area contributed by atoms with Gasteiger partial charge in [-0.1, -0.05) is 29.3 Å². The molecule has 9 nitrogen and oxygen atoms in total. The van der Waals surface area contributed by atoms with Crippen molar-refractivity contribution in [2.75, 3.05) is 4.90 Å². The van der Waals surface area contributed by atoms with Crippen molar-refractivity contribution in [3.63, 3.8) is 0 Å². The van der Waals surface area contributed by atoms with Crippen molar-refractivity contribution in [3.8, 4) is 5.75 Å². The number of phenols is 1. The van der Waals surface area contributed by atoms with E-state index < -0.39 is 40.4 Å². The zero-order valence-corrected chi connectivity index (χ0v) is 21.3. The van der Waals surface area contributed by atoms with Crippen molar-refractivity contribution in [2.45, 2.75) is 25.7 Å².